The number of carbonyl (C=O) groups is 1. The van der Waals surface area contributed by atoms with Gasteiger partial charge < -0.3 is 9.64 Å². The molecule has 1 atom stereocenters. The Balaban J connectivity index is 1.95. The van der Waals surface area contributed by atoms with Crippen LogP contribution in [0.3, 0.4) is 0 Å². The highest BCUT2D eigenvalue weighted by atomic mass is 32.2. The lowest BCUT2D eigenvalue weighted by Crippen LogP contribution is -2.33. The number of hydrogen-bond donors (Lipinski definition) is 0. The van der Waals surface area contributed by atoms with Gasteiger partial charge in [0.1, 0.15) is 4.83 Å². The predicted molar refractivity (Wildman–Crippen MR) is 125 cm³/mol. The third-order valence-corrected chi connectivity index (χ3v) is 7.22. The van der Waals surface area contributed by atoms with Crippen LogP contribution in [0.2, 0.25) is 0 Å². The maximum atomic E-state index is 13.5. The van der Waals surface area contributed by atoms with E-state index in [1.54, 1.807) is 33.0 Å². The molecule has 1 unspecified atom stereocenters. The fraction of sp³-hybridized carbons (Fsp3) is 0.500. The number of rotatable bonds is 10. The van der Waals surface area contributed by atoms with E-state index in [1.807, 2.05) is 6.92 Å². The molecule has 1 aliphatic heterocycles. The van der Waals surface area contributed by atoms with Gasteiger partial charge in [0.25, 0.3) is 5.56 Å². The third-order valence-electron chi connectivity index (χ3n) is 5.22. The highest BCUT2D eigenvalue weighted by molar-refractivity contribution is 7.99. The average molecular weight is 448 g/mol. The summed E-state index contributed by atoms with van der Waals surface area (Å²) < 4.78 is 7.49. The van der Waals surface area contributed by atoms with Crippen molar-refractivity contribution in [2.75, 3.05) is 25.4 Å². The second kappa shape index (κ2) is 10.4. The summed E-state index contributed by atoms with van der Waals surface area (Å²) in [5, 5.41) is 1.30. The summed E-state index contributed by atoms with van der Waals surface area (Å²) in [4.78, 5) is 34.5. The van der Waals surface area contributed by atoms with Crippen LogP contribution in [0.15, 0.2) is 35.3 Å². The number of aromatic nitrogens is 2. The zero-order valence-corrected chi connectivity index (χ0v) is 19.3. The first-order valence-electron chi connectivity index (χ1n) is 10.3. The Morgan fingerprint density at radius 2 is 2.13 bits per heavy atom. The molecule has 3 rings (SSSR count). The first-order valence-corrected chi connectivity index (χ1v) is 12.1. The molecule has 0 radical (unpaired) electrons. The molecular weight excluding hydrogens is 418 g/mol. The molecule has 1 aliphatic rings. The molecule has 0 aromatic carbocycles. The number of ether oxygens (including phenoxy) is 1. The summed E-state index contributed by atoms with van der Waals surface area (Å²) in [7, 11) is 0. The van der Waals surface area contributed by atoms with Crippen LogP contribution in [-0.4, -0.2) is 51.9 Å². The van der Waals surface area contributed by atoms with E-state index in [2.05, 4.69) is 20.1 Å². The van der Waals surface area contributed by atoms with Crippen molar-refractivity contribution in [1.82, 2.24) is 14.5 Å². The van der Waals surface area contributed by atoms with Gasteiger partial charge in [-0.05, 0) is 31.7 Å². The molecule has 1 fully saturated rings. The van der Waals surface area contributed by atoms with Gasteiger partial charge in [-0.15, -0.1) is 24.5 Å². The maximum Gasteiger partial charge on any atom is 0.263 e. The Morgan fingerprint density at radius 1 is 1.40 bits per heavy atom. The van der Waals surface area contributed by atoms with Crippen molar-refractivity contribution in [3.8, 4) is 0 Å². The summed E-state index contributed by atoms with van der Waals surface area (Å²) in [6.07, 6.45) is 6.15. The minimum absolute atomic E-state index is 0.0137. The molecule has 162 valence electrons. The summed E-state index contributed by atoms with van der Waals surface area (Å²) in [6.45, 7) is 13.7. The lowest BCUT2D eigenvalue weighted by Gasteiger charge is -2.20. The van der Waals surface area contributed by atoms with E-state index in [4.69, 9.17) is 9.72 Å². The molecular formula is C22H29N3O3S2. The standard InChI is InChI=1S/C22H29N3O3S2/c1-5-10-24(11-6-2)18(26)14-29-22-23-20-19(17(7-3)15(4)30-20)21(27)25(22)13-16-9-8-12-28-16/h5-6,16H,1-2,7-14H2,3-4H3. The van der Waals surface area contributed by atoms with Crippen molar-refractivity contribution in [3.63, 3.8) is 0 Å². The molecule has 2 aromatic rings. The largest absolute Gasteiger partial charge is 0.376 e. The fourth-order valence-corrected chi connectivity index (χ4v) is 5.79. The molecule has 0 aliphatic carbocycles. The van der Waals surface area contributed by atoms with E-state index in [9.17, 15) is 9.59 Å². The van der Waals surface area contributed by atoms with Gasteiger partial charge in [-0.3, -0.25) is 14.2 Å². The molecule has 8 heteroatoms. The Bertz CT molecular complexity index is 980. The normalized spacial score (nSPS) is 16.1. The number of fused-ring (bicyclic) bond motifs is 1. The minimum atomic E-state index is -0.0329. The quantitative estimate of drug-likeness (QED) is 0.315. The van der Waals surface area contributed by atoms with Gasteiger partial charge >= 0.3 is 0 Å². The van der Waals surface area contributed by atoms with Crippen LogP contribution in [0, 0.1) is 6.92 Å². The number of amides is 1. The molecule has 1 saturated heterocycles. The minimum Gasteiger partial charge on any atom is -0.376 e. The van der Waals surface area contributed by atoms with E-state index in [1.165, 1.54) is 11.8 Å². The number of carbonyl (C=O) groups excluding carboxylic acids is 1. The topological polar surface area (TPSA) is 64.4 Å². The Labute approximate surface area is 185 Å². The van der Waals surface area contributed by atoms with Crippen molar-refractivity contribution in [3.05, 3.63) is 46.1 Å². The Hall–Kier alpha value is -1.90. The number of thioether (sulfide) groups is 1. The maximum absolute atomic E-state index is 13.5. The summed E-state index contributed by atoms with van der Waals surface area (Å²) in [5.74, 6) is 0.172. The van der Waals surface area contributed by atoms with Gasteiger partial charge in [-0.25, -0.2) is 4.98 Å². The first-order chi connectivity index (χ1) is 14.5. The number of aryl methyl sites for hydroxylation is 2. The number of nitrogens with zero attached hydrogens (tertiary/aromatic N) is 3. The summed E-state index contributed by atoms with van der Waals surface area (Å²) in [5.41, 5.74) is 1.05. The first kappa shape index (κ1) is 22.8. The lowest BCUT2D eigenvalue weighted by atomic mass is 10.1. The van der Waals surface area contributed by atoms with Gasteiger partial charge in [0.2, 0.25) is 5.91 Å². The highest BCUT2D eigenvalue weighted by Gasteiger charge is 2.23. The van der Waals surface area contributed by atoms with Gasteiger partial charge in [0.15, 0.2) is 5.16 Å². The molecule has 30 heavy (non-hydrogen) atoms. The molecule has 0 bridgehead atoms. The second-order valence-corrected chi connectivity index (χ2v) is 9.43. The predicted octanol–water partition coefficient (Wildman–Crippen LogP) is 3.80. The van der Waals surface area contributed by atoms with E-state index in [0.717, 1.165) is 41.1 Å². The van der Waals surface area contributed by atoms with Gasteiger partial charge in [-0.1, -0.05) is 30.8 Å². The average Bonchev–Trinajstić information content (AvgIpc) is 3.35. The zero-order chi connectivity index (χ0) is 21.7. The SMILES string of the molecule is C=CCN(CC=C)C(=O)CSc1nc2sc(C)c(CC)c2c(=O)n1CC1CCCO1. The Morgan fingerprint density at radius 3 is 2.73 bits per heavy atom. The third kappa shape index (κ3) is 4.87. The molecule has 2 aromatic heterocycles. The van der Waals surface area contributed by atoms with Gasteiger partial charge in [0, 0.05) is 24.6 Å². The Kier molecular flexibility index (Phi) is 7.91. The molecule has 0 spiro atoms. The molecule has 3 heterocycles. The van der Waals surface area contributed by atoms with Gasteiger partial charge in [-0.2, -0.15) is 0 Å². The summed E-state index contributed by atoms with van der Waals surface area (Å²) in [6, 6.07) is 0. The van der Waals surface area contributed by atoms with Crippen molar-refractivity contribution >= 4 is 39.2 Å². The highest BCUT2D eigenvalue weighted by Crippen LogP contribution is 2.30. The second-order valence-electron chi connectivity index (χ2n) is 7.28. The van der Waals surface area contributed by atoms with E-state index in [0.29, 0.717) is 30.2 Å². The number of hydrogen-bond acceptors (Lipinski definition) is 6. The van der Waals surface area contributed by atoms with Crippen LogP contribution in [0.25, 0.3) is 10.2 Å². The molecule has 1 amide bonds. The van der Waals surface area contributed by atoms with Crippen LogP contribution >= 0.6 is 23.1 Å². The van der Waals surface area contributed by atoms with E-state index in [-0.39, 0.29) is 23.3 Å². The van der Waals surface area contributed by atoms with Crippen molar-refractivity contribution in [1.29, 1.82) is 0 Å². The summed E-state index contributed by atoms with van der Waals surface area (Å²) >= 11 is 2.86. The smallest absolute Gasteiger partial charge is 0.263 e. The van der Waals surface area contributed by atoms with E-state index >= 15 is 0 Å². The van der Waals surface area contributed by atoms with Crippen LogP contribution < -0.4 is 5.56 Å². The van der Waals surface area contributed by atoms with Crippen molar-refractivity contribution < 1.29 is 9.53 Å². The monoisotopic (exact) mass is 447 g/mol. The molecule has 0 saturated carbocycles. The zero-order valence-electron chi connectivity index (χ0n) is 17.7. The fourth-order valence-electron chi connectivity index (χ4n) is 3.73. The van der Waals surface area contributed by atoms with Crippen molar-refractivity contribution in [2.24, 2.45) is 0 Å². The van der Waals surface area contributed by atoms with Crippen LogP contribution in [0.1, 0.15) is 30.2 Å². The van der Waals surface area contributed by atoms with E-state index < -0.39 is 0 Å². The van der Waals surface area contributed by atoms with Crippen LogP contribution in [0.4, 0.5) is 0 Å². The number of thiophene rings is 1. The van der Waals surface area contributed by atoms with Crippen molar-refractivity contribution in [2.45, 2.75) is 50.9 Å². The molecule has 6 nitrogen and oxygen atoms in total. The van der Waals surface area contributed by atoms with Crippen LogP contribution in [-0.2, 0) is 22.5 Å². The lowest BCUT2D eigenvalue weighted by molar-refractivity contribution is -0.127. The van der Waals surface area contributed by atoms with Crippen LogP contribution in [0.5, 0.6) is 0 Å². The molecule has 0 N–H and O–H groups in total. The van der Waals surface area contributed by atoms with Gasteiger partial charge in [0.05, 0.1) is 23.8 Å².